The molecule has 1 aliphatic heterocycles. The van der Waals surface area contributed by atoms with Crippen LogP contribution in [0.3, 0.4) is 0 Å². The Morgan fingerprint density at radius 1 is 1.07 bits per heavy atom. The molecule has 2 aromatic carbocycles. The van der Waals surface area contributed by atoms with Crippen LogP contribution in [0.5, 0.6) is 0 Å². The lowest BCUT2D eigenvalue weighted by atomic mass is 9.80. The number of aliphatic carboxylic acids is 1. The standard InChI is InChI=1S/C35H37N3O7/c1-23(8-6-18-44-19-7-10-26-13-15-27(16-14-26)20-28-9-5-17-36-22-28)45-35(41)32-25(3)37-24(2)31(34(39)40)33(32)29-11-4-12-30(21-29)38(42)43/h4-5,7,9-17,21-23,33,37H,6,8,18-20H2,1-3H3,(H,39,40)/b10-7+. The first-order valence-corrected chi connectivity index (χ1v) is 14.7. The van der Waals surface area contributed by atoms with Gasteiger partial charge >= 0.3 is 11.9 Å². The van der Waals surface area contributed by atoms with Gasteiger partial charge in [-0.25, -0.2) is 9.59 Å². The Morgan fingerprint density at radius 3 is 2.51 bits per heavy atom. The zero-order valence-corrected chi connectivity index (χ0v) is 25.6. The Labute approximate surface area is 262 Å². The van der Waals surface area contributed by atoms with Crippen LogP contribution < -0.4 is 5.32 Å². The second kappa shape index (κ2) is 15.6. The Kier molecular flexibility index (Phi) is 11.4. The monoisotopic (exact) mass is 611 g/mol. The lowest BCUT2D eigenvalue weighted by Crippen LogP contribution is -2.32. The fraction of sp³-hybridized carbons (Fsp3) is 0.286. The van der Waals surface area contributed by atoms with Gasteiger partial charge in [-0.2, -0.15) is 0 Å². The third-order valence-corrected chi connectivity index (χ3v) is 7.47. The summed E-state index contributed by atoms with van der Waals surface area (Å²) in [5.74, 6) is -2.94. The predicted molar refractivity (Wildman–Crippen MR) is 170 cm³/mol. The van der Waals surface area contributed by atoms with Gasteiger partial charge in [0, 0.05) is 42.5 Å². The van der Waals surface area contributed by atoms with E-state index in [0.717, 1.165) is 12.0 Å². The van der Waals surface area contributed by atoms with Gasteiger partial charge in [0.25, 0.3) is 5.69 Å². The minimum Gasteiger partial charge on any atom is -0.478 e. The van der Waals surface area contributed by atoms with Crippen LogP contribution in [0.25, 0.3) is 6.08 Å². The summed E-state index contributed by atoms with van der Waals surface area (Å²) < 4.78 is 11.5. The molecule has 0 radical (unpaired) electrons. The molecule has 45 heavy (non-hydrogen) atoms. The van der Waals surface area contributed by atoms with E-state index in [1.165, 1.54) is 29.3 Å². The number of allylic oxidation sites excluding steroid dienone is 2. The van der Waals surface area contributed by atoms with Gasteiger partial charge in [-0.15, -0.1) is 0 Å². The highest BCUT2D eigenvalue weighted by atomic mass is 16.6. The molecule has 1 aliphatic rings. The molecule has 2 heterocycles. The molecular formula is C35H37N3O7. The highest BCUT2D eigenvalue weighted by molar-refractivity contribution is 5.99. The molecule has 4 rings (SSSR count). The Bertz CT molecular complexity index is 1610. The quantitative estimate of drug-likeness (QED) is 0.0924. The van der Waals surface area contributed by atoms with E-state index in [4.69, 9.17) is 9.47 Å². The smallest absolute Gasteiger partial charge is 0.337 e. The van der Waals surface area contributed by atoms with Crippen molar-refractivity contribution < 1.29 is 29.1 Å². The number of dihydropyridines is 1. The van der Waals surface area contributed by atoms with Crippen molar-refractivity contribution in [2.75, 3.05) is 13.2 Å². The molecule has 234 valence electrons. The highest BCUT2D eigenvalue weighted by Crippen LogP contribution is 2.39. The van der Waals surface area contributed by atoms with Crippen molar-refractivity contribution in [3.63, 3.8) is 0 Å². The number of hydrogen-bond acceptors (Lipinski definition) is 8. The van der Waals surface area contributed by atoms with Crippen LogP contribution in [-0.2, 0) is 25.5 Å². The van der Waals surface area contributed by atoms with Crippen molar-refractivity contribution in [2.24, 2.45) is 0 Å². The van der Waals surface area contributed by atoms with Crippen molar-refractivity contribution >= 4 is 23.7 Å². The average Bonchev–Trinajstić information content (AvgIpc) is 3.01. The van der Waals surface area contributed by atoms with E-state index in [1.54, 1.807) is 33.0 Å². The Balaban J connectivity index is 1.27. The minimum atomic E-state index is -1.23. The van der Waals surface area contributed by atoms with Crippen LogP contribution in [0.4, 0.5) is 5.69 Å². The van der Waals surface area contributed by atoms with E-state index in [2.05, 4.69) is 40.6 Å². The summed E-state index contributed by atoms with van der Waals surface area (Å²) in [4.78, 5) is 40.6. The first-order valence-electron chi connectivity index (χ1n) is 14.7. The molecule has 10 nitrogen and oxygen atoms in total. The number of rotatable bonds is 14. The second-order valence-corrected chi connectivity index (χ2v) is 10.9. The molecule has 0 fully saturated rings. The zero-order valence-electron chi connectivity index (χ0n) is 25.6. The number of carboxylic acid groups (broad SMARTS) is 1. The fourth-order valence-electron chi connectivity index (χ4n) is 5.30. The van der Waals surface area contributed by atoms with Gasteiger partial charge in [0.15, 0.2) is 0 Å². The molecule has 0 amide bonds. The van der Waals surface area contributed by atoms with Gasteiger partial charge in [-0.1, -0.05) is 54.6 Å². The molecule has 2 N–H and O–H groups in total. The number of carbonyl (C=O) groups excluding carboxylic acids is 1. The number of nitro benzene ring substituents is 1. The maximum atomic E-state index is 13.4. The molecule has 0 spiro atoms. The minimum absolute atomic E-state index is 0.0668. The summed E-state index contributed by atoms with van der Waals surface area (Å²) in [7, 11) is 0. The summed E-state index contributed by atoms with van der Waals surface area (Å²) in [6.07, 6.45) is 9.15. The van der Waals surface area contributed by atoms with Crippen LogP contribution in [0.1, 0.15) is 61.8 Å². The number of hydrogen-bond donors (Lipinski definition) is 2. The summed E-state index contributed by atoms with van der Waals surface area (Å²) in [5, 5.41) is 24.4. The van der Waals surface area contributed by atoms with Crippen molar-refractivity contribution in [2.45, 2.75) is 52.1 Å². The van der Waals surface area contributed by atoms with Gasteiger partial charge in [0.1, 0.15) is 0 Å². The van der Waals surface area contributed by atoms with Gasteiger partial charge in [-0.05, 0) is 68.4 Å². The number of aromatic nitrogens is 1. The first-order chi connectivity index (χ1) is 21.6. The largest absolute Gasteiger partial charge is 0.478 e. The van der Waals surface area contributed by atoms with Crippen molar-refractivity contribution in [3.8, 4) is 0 Å². The third-order valence-electron chi connectivity index (χ3n) is 7.47. The number of nitro groups is 1. The van der Waals surface area contributed by atoms with Gasteiger partial charge in [0.05, 0.1) is 34.7 Å². The number of nitrogens with zero attached hydrogens (tertiary/aromatic N) is 2. The lowest BCUT2D eigenvalue weighted by Gasteiger charge is -2.30. The topological polar surface area (TPSA) is 141 Å². The van der Waals surface area contributed by atoms with Crippen molar-refractivity contribution in [3.05, 3.63) is 134 Å². The molecule has 0 saturated carbocycles. The predicted octanol–water partition coefficient (Wildman–Crippen LogP) is 6.34. The molecular weight excluding hydrogens is 574 g/mol. The van der Waals surface area contributed by atoms with E-state index in [9.17, 15) is 24.8 Å². The lowest BCUT2D eigenvalue weighted by molar-refractivity contribution is -0.384. The molecule has 0 bridgehead atoms. The molecule has 2 atom stereocenters. The number of carboxylic acids is 1. The molecule has 10 heteroatoms. The van der Waals surface area contributed by atoms with E-state index in [0.29, 0.717) is 43.0 Å². The van der Waals surface area contributed by atoms with Gasteiger partial charge in [-0.3, -0.25) is 15.1 Å². The number of pyridine rings is 1. The molecule has 0 saturated heterocycles. The fourth-order valence-corrected chi connectivity index (χ4v) is 5.30. The van der Waals surface area contributed by atoms with E-state index in [-0.39, 0.29) is 16.8 Å². The summed E-state index contributed by atoms with van der Waals surface area (Å²) in [6, 6.07) is 18.0. The molecule has 0 aliphatic carbocycles. The molecule has 2 unspecified atom stereocenters. The van der Waals surface area contributed by atoms with Crippen LogP contribution in [0.15, 0.2) is 102 Å². The number of nitrogens with one attached hydrogen (secondary N) is 1. The number of esters is 1. The maximum Gasteiger partial charge on any atom is 0.337 e. The normalized spacial score (nSPS) is 15.6. The highest BCUT2D eigenvalue weighted by Gasteiger charge is 2.38. The van der Waals surface area contributed by atoms with E-state index in [1.807, 2.05) is 24.4 Å². The van der Waals surface area contributed by atoms with Crippen LogP contribution >= 0.6 is 0 Å². The second-order valence-electron chi connectivity index (χ2n) is 10.9. The number of benzene rings is 2. The van der Waals surface area contributed by atoms with Crippen LogP contribution in [-0.4, -0.2) is 46.3 Å². The van der Waals surface area contributed by atoms with E-state index < -0.39 is 28.9 Å². The SMILES string of the molecule is CC1=C(C(=O)O)C(c2cccc([N+](=O)[O-])c2)C(C(=O)OC(C)CCCOC/C=C/c2ccc(Cc3cccnc3)cc2)=C(C)N1. The number of ether oxygens (including phenoxy) is 2. The van der Waals surface area contributed by atoms with Gasteiger partial charge in [0.2, 0.25) is 0 Å². The Morgan fingerprint density at radius 2 is 1.82 bits per heavy atom. The zero-order chi connectivity index (χ0) is 32.3. The molecule has 3 aromatic rings. The summed E-state index contributed by atoms with van der Waals surface area (Å²) in [6.45, 7) is 5.94. The first kappa shape index (κ1) is 32.8. The van der Waals surface area contributed by atoms with Crippen LogP contribution in [0.2, 0.25) is 0 Å². The summed E-state index contributed by atoms with van der Waals surface area (Å²) in [5.41, 5.74) is 4.41. The van der Waals surface area contributed by atoms with Gasteiger partial charge < -0.3 is 19.9 Å². The number of non-ortho nitro benzene ring substituents is 1. The summed E-state index contributed by atoms with van der Waals surface area (Å²) >= 11 is 0. The van der Waals surface area contributed by atoms with E-state index >= 15 is 0 Å². The molecule has 1 aromatic heterocycles. The van der Waals surface area contributed by atoms with Crippen molar-refractivity contribution in [1.82, 2.24) is 10.3 Å². The third kappa shape index (κ3) is 8.96. The number of carbonyl (C=O) groups is 2. The Hall–Kier alpha value is -5.09. The van der Waals surface area contributed by atoms with Crippen molar-refractivity contribution in [1.29, 1.82) is 0 Å². The maximum absolute atomic E-state index is 13.4. The average molecular weight is 612 g/mol. The van der Waals surface area contributed by atoms with Crippen LogP contribution in [0, 0.1) is 10.1 Å².